The normalized spacial score (nSPS) is 19.8. The van der Waals surface area contributed by atoms with E-state index < -0.39 is 7.60 Å². The van der Waals surface area contributed by atoms with E-state index in [-0.39, 0.29) is 11.7 Å². The molecule has 0 aliphatic heterocycles. The second-order valence-electron chi connectivity index (χ2n) is 6.79. The summed E-state index contributed by atoms with van der Waals surface area (Å²) in [5, 5.41) is 4.95. The highest BCUT2D eigenvalue weighted by Gasteiger charge is 2.54. The summed E-state index contributed by atoms with van der Waals surface area (Å²) < 4.78 is 23.1. The molecule has 0 N–H and O–H groups in total. The smallest absolute Gasteiger partial charge is 0.335 e. The lowest BCUT2D eigenvalue weighted by molar-refractivity contribution is 0.274. The van der Waals surface area contributed by atoms with Crippen LogP contribution < -0.4 is 4.90 Å². The summed E-state index contributed by atoms with van der Waals surface area (Å²) in [7, 11) is -0.0693. The first-order chi connectivity index (χ1) is 12.6. The van der Waals surface area contributed by atoms with Crippen molar-refractivity contribution >= 4 is 34.8 Å². The molecule has 1 saturated carbocycles. The van der Waals surface area contributed by atoms with Gasteiger partial charge in [-0.2, -0.15) is 0 Å². The number of anilines is 1. The van der Waals surface area contributed by atoms with Gasteiger partial charge in [0, 0.05) is 32.5 Å². The average Bonchev–Trinajstić information content (AvgIpc) is 3.47. The van der Waals surface area contributed by atoms with E-state index in [1.807, 2.05) is 0 Å². The predicted octanol–water partition coefficient (Wildman–Crippen LogP) is 5.45. The van der Waals surface area contributed by atoms with Crippen LogP contribution in [0.4, 0.5) is 5.69 Å². The van der Waals surface area contributed by atoms with Crippen LogP contribution in [0.25, 0.3) is 21.5 Å². The maximum absolute atomic E-state index is 12.7. The molecule has 0 unspecified atom stereocenters. The summed E-state index contributed by atoms with van der Waals surface area (Å²) >= 11 is 0. The third-order valence-electron chi connectivity index (χ3n) is 5.40. The first kappa shape index (κ1) is 17.5. The number of nitrogens with zero attached hydrogens (tertiary/aromatic N) is 1. The van der Waals surface area contributed by atoms with Gasteiger partial charge in [-0.15, -0.1) is 0 Å². The standard InChI is InChI=1S/C21H24NO3P/c1-4-22(20-14-21(20)26(23,24-2)25-3)19-10-9-17-11-15-7-5-6-8-16(15)12-18(17)13-19/h5-13,20-21H,4,14H2,1-3H3/t20-,21-/m1/s1. The van der Waals surface area contributed by atoms with E-state index in [0.29, 0.717) is 0 Å². The van der Waals surface area contributed by atoms with Gasteiger partial charge in [-0.25, -0.2) is 0 Å². The lowest BCUT2D eigenvalue weighted by Crippen LogP contribution is -2.27. The van der Waals surface area contributed by atoms with Crippen molar-refractivity contribution in [2.24, 2.45) is 0 Å². The van der Waals surface area contributed by atoms with Gasteiger partial charge in [0.15, 0.2) is 0 Å². The van der Waals surface area contributed by atoms with E-state index in [0.717, 1.165) is 18.7 Å². The largest absolute Gasteiger partial charge is 0.368 e. The second kappa shape index (κ2) is 6.70. The molecule has 1 aliphatic rings. The van der Waals surface area contributed by atoms with Gasteiger partial charge in [0.2, 0.25) is 0 Å². The van der Waals surface area contributed by atoms with Crippen LogP contribution in [-0.2, 0) is 13.6 Å². The zero-order chi connectivity index (χ0) is 18.3. The summed E-state index contributed by atoms with van der Waals surface area (Å²) in [5.74, 6) is 0. The fourth-order valence-corrected chi connectivity index (χ4v) is 5.65. The van der Waals surface area contributed by atoms with E-state index in [1.54, 1.807) is 0 Å². The highest BCUT2D eigenvalue weighted by atomic mass is 31.2. The average molecular weight is 369 g/mol. The van der Waals surface area contributed by atoms with E-state index in [2.05, 4.69) is 66.4 Å². The molecular formula is C21H24NO3P. The Kier molecular flexibility index (Phi) is 4.52. The molecule has 0 amide bonds. The number of benzene rings is 3. The van der Waals surface area contributed by atoms with Gasteiger partial charge in [-0.1, -0.05) is 30.3 Å². The van der Waals surface area contributed by atoms with Crippen molar-refractivity contribution in [3.63, 3.8) is 0 Å². The summed E-state index contributed by atoms with van der Waals surface area (Å²) in [5.41, 5.74) is 1.10. The molecule has 1 aliphatic carbocycles. The molecule has 3 aromatic carbocycles. The van der Waals surface area contributed by atoms with Crippen molar-refractivity contribution in [1.29, 1.82) is 0 Å². The van der Waals surface area contributed by atoms with E-state index in [4.69, 9.17) is 9.05 Å². The zero-order valence-electron chi connectivity index (χ0n) is 15.4. The maximum Gasteiger partial charge on any atom is 0.335 e. The van der Waals surface area contributed by atoms with Crippen molar-refractivity contribution in [1.82, 2.24) is 0 Å². The van der Waals surface area contributed by atoms with Crippen LogP contribution >= 0.6 is 7.60 Å². The lowest BCUT2D eigenvalue weighted by atomic mass is 10.0. The SMILES string of the molecule is CCN(c1ccc2cc3ccccc3cc2c1)[C@@H]1C[C@H]1P(=O)(OC)OC. The summed E-state index contributed by atoms with van der Waals surface area (Å²) in [4.78, 5) is 2.31. The molecule has 0 bridgehead atoms. The van der Waals surface area contributed by atoms with Crippen LogP contribution in [0, 0.1) is 0 Å². The Bertz CT molecular complexity index is 995. The Morgan fingerprint density at radius 1 is 0.962 bits per heavy atom. The van der Waals surface area contributed by atoms with Crippen molar-refractivity contribution in [2.75, 3.05) is 25.7 Å². The maximum atomic E-state index is 12.7. The quantitative estimate of drug-likeness (QED) is 0.428. The minimum atomic E-state index is -3.01. The molecule has 2 atom stereocenters. The topological polar surface area (TPSA) is 38.8 Å². The minimum absolute atomic E-state index is 0.0512. The molecule has 0 spiro atoms. The van der Waals surface area contributed by atoms with Gasteiger partial charge >= 0.3 is 7.60 Å². The van der Waals surface area contributed by atoms with Crippen LogP contribution in [0.1, 0.15) is 13.3 Å². The molecule has 0 aromatic heterocycles. The van der Waals surface area contributed by atoms with Crippen molar-refractivity contribution in [3.05, 3.63) is 54.6 Å². The van der Waals surface area contributed by atoms with E-state index >= 15 is 0 Å². The fraction of sp³-hybridized carbons (Fsp3) is 0.333. The Morgan fingerprint density at radius 2 is 1.58 bits per heavy atom. The van der Waals surface area contributed by atoms with Crippen LogP contribution in [0.3, 0.4) is 0 Å². The Hall–Kier alpha value is -1.87. The van der Waals surface area contributed by atoms with E-state index in [9.17, 15) is 4.57 Å². The summed E-state index contributed by atoms with van der Waals surface area (Å²) in [6, 6.07) is 19.6. The summed E-state index contributed by atoms with van der Waals surface area (Å²) in [6.07, 6.45) is 0.836. The fourth-order valence-electron chi connectivity index (χ4n) is 3.90. The third kappa shape index (κ3) is 2.92. The predicted molar refractivity (Wildman–Crippen MR) is 108 cm³/mol. The first-order valence-electron chi connectivity index (χ1n) is 9.00. The van der Waals surface area contributed by atoms with Crippen LogP contribution in [0.2, 0.25) is 0 Å². The third-order valence-corrected chi connectivity index (χ3v) is 7.79. The lowest BCUT2D eigenvalue weighted by Gasteiger charge is -2.25. The molecule has 0 saturated heterocycles. The summed E-state index contributed by atoms with van der Waals surface area (Å²) in [6.45, 7) is 2.98. The molecule has 3 aromatic rings. The van der Waals surface area contributed by atoms with Crippen molar-refractivity contribution in [2.45, 2.75) is 25.0 Å². The minimum Gasteiger partial charge on any atom is -0.368 e. The van der Waals surface area contributed by atoms with Gasteiger partial charge in [0.25, 0.3) is 0 Å². The van der Waals surface area contributed by atoms with Gasteiger partial charge in [-0.05, 0) is 59.2 Å². The van der Waals surface area contributed by atoms with Crippen molar-refractivity contribution < 1.29 is 13.6 Å². The number of fused-ring (bicyclic) bond motifs is 2. The first-order valence-corrected chi connectivity index (χ1v) is 10.6. The van der Waals surface area contributed by atoms with Crippen molar-refractivity contribution in [3.8, 4) is 0 Å². The molecule has 136 valence electrons. The van der Waals surface area contributed by atoms with Gasteiger partial charge in [0.05, 0.1) is 5.66 Å². The van der Waals surface area contributed by atoms with Gasteiger partial charge in [-0.3, -0.25) is 4.57 Å². The molecule has 0 radical (unpaired) electrons. The second-order valence-corrected chi connectivity index (χ2v) is 9.27. The molecule has 26 heavy (non-hydrogen) atoms. The Labute approximate surface area is 154 Å². The van der Waals surface area contributed by atoms with E-state index in [1.165, 1.54) is 35.8 Å². The van der Waals surface area contributed by atoms with Crippen LogP contribution in [0.15, 0.2) is 54.6 Å². The highest BCUT2D eigenvalue weighted by Crippen LogP contribution is 2.63. The molecule has 5 heteroatoms. The number of rotatable bonds is 6. The highest BCUT2D eigenvalue weighted by molar-refractivity contribution is 7.55. The van der Waals surface area contributed by atoms with Gasteiger partial charge < -0.3 is 13.9 Å². The molecule has 4 nitrogen and oxygen atoms in total. The number of hydrogen-bond donors (Lipinski definition) is 0. The molecular weight excluding hydrogens is 345 g/mol. The molecule has 1 fully saturated rings. The Balaban J connectivity index is 1.69. The number of hydrogen-bond acceptors (Lipinski definition) is 4. The zero-order valence-corrected chi connectivity index (χ0v) is 16.3. The molecule has 4 rings (SSSR count). The van der Waals surface area contributed by atoms with Crippen LogP contribution in [-0.4, -0.2) is 32.5 Å². The Morgan fingerprint density at radius 3 is 2.19 bits per heavy atom. The molecule has 0 heterocycles. The monoisotopic (exact) mass is 369 g/mol. The van der Waals surface area contributed by atoms with Crippen LogP contribution in [0.5, 0.6) is 0 Å². The van der Waals surface area contributed by atoms with Gasteiger partial charge in [0.1, 0.15) is 0 Å².